The number of likely N-dealkylation sites (tertiary alicyclic amines) is 1. The van der Waals surface area contributed by atoms with Gasteiger partial charge >= 0.3 is 6.09 Å². The third-order valence-corrected chi connectivity index (χ3v) is 3.99. The molecule has 1 aliphatic rings. The number of rotatable bonds is 3. The minimum atomic E-state index is -0.561. The largest absolute Gasteiger partial charge is 0.497 e. The van der Waals surface area contributed by atoms with Crippen molar-refractivity contribution < 1.29 is 19.1 Å². The zero-order valence-electron chi connectivity index (χ0n) is 15.3. The average Bonchev–Trinajstić information content (AvgIpc) is 2.59. The molecular formula is C18H27N3O4. The van der Waals surface area contributed by atoms with Crippen molar-refractivity contribution in [2.24, 2.45) is 11.8 Å². The van der Waals surface area contributed by atoms with Gasteiger partial charge in [-0.05, 0) is 45.7 Å². The molecule has 1 heterocycles. The van der Waals surface area contributed by atoms with E-state index < -0.39 is 11.7 Å². The third kappa shape index (κ3) is 5.09. The number of carbonyl (C=O) groups excluding carboxylic acids is 2. The van der Waals surface area contributed by atoms with E-state index in [-0.39, 0.29) is 11.8 Å². The van der Waals surface area contributed by atoms with Crippen molar-refractivity contribution in [3.8, 4) is 5.75 Å². The van der Waals surface area contributed by atoms with Crippen LogP contribution < -0.4 is 15.6 Å². The van der Waals surface area contributed by atoms with E-state index in [2.05, 4.69) is 0 Å². The minimum absolute atomic E-state index is 0.221. The first-order valence-electron chi connectivity index (χ1n) is 8.42. The number of piperidine rings is 1. The summed E-state index contributed by atoms with van der Waals surface area (Å²) in [7, 11) is 1.56. The van der Waals surface area contributed by atoms with E-state index in [1.54, 1.807) is 36.3 Å². The van der Waals surface area contributed by atoms with Gasteiger partial charge < -0.3 is 14.4 Å². The smallest absolute Gasteiger partial charge is 0.410 e. The zero-order chi connectivity index (χ0) is 18.6. The minimum Gasteiger partial charge on any atom is -0.497 e. The highest BCUT2D eigenvalue weighted by Crippen LogP contribution is 2.24. The van der Waals surface area contributed by atoms with Gasteiger partial charge in [0.1, 0.15) is 11.4 Å². The quantitative estimate of drug-likeness (QED) is 0.515. The molecule has 2 amide bonds. The summed E-state index contributed by atoms with van der Waals surface area (Å²) >= 11 is 0. The summed E-state index contributed by atoms with van der Waals surface area (Å²) in [4.78, 5) is 26.5. The van der Waals surface area contributed by atoms with Crippen LogP contribution in [0.15, 0.2) is 24.3 Å². The van der Waals surface area contributed by atoms with Crippen molar-refractivity contribution in [2.75, 3.05) is 25.2 Å². The van der Waals surface area contributed by atoms with Crippen molar-refractivity contribution in [2.45, 2.75) is 39.2 Å². The monoisotopic (exact) mass is 349 g/mol. The van der Waals surface area contributed by atoms with E-state index in [1.807, 2.05) is 20.8 Å². The maximum Gasteiger partial charge on any atom is 0.410 e. The lowest BCUT2D eigenvalue weighted by Gasteiger charge is -2.34. The van der Waals surface area contributed by atoms with Gasteiger partial charge in [-0.1, -0.05) is 6.07 Å². The molecule has 1 unspecified atom stereocenters. The Morgan fingerprint density at radius 3 is 2.68 bits per heavy atom. The summed E-state index contributed by atoms with van der Waals surface area (Å²) < 4.78 is 10.6. The molecule has 2 N–H and O–H groups in total. The molecule has 1 atom stereocenters. The molecule has 0 aromatic heterocycles. The zero-order valence-corrected chi connectivity index (χ0v) is 15.3. The van der Waals surface area contributed by atoms with E-state index in [1.165, 1.54) is 0 Å². The number of ether oxygens (including phenoxy) is 2. The highest BCUT2D eigenvalue weighted by atomic mass is 16.6. The fraction of sp³-hybridized carbons (Fsp3) is 0.556. The first kappa shape index (κ1) is 19.1. The molecule has 0 aliphatic carbocycles. The van der Waals surface area contributed by atoms with Gasteiger partial charge in [0, 0.05) is 19.2 Å². The molecule has 0 saturated carbocycles. The molecule has 7 nitrogen and oxygen atoms in total. The number of nitrogens with zero attached hydrogens (tertiary/aromatic N) is 2. The Bertz CT molecular complexity index is 627. The van der Waals surface area contributed by atoms with Gasteiger partial charge in [0.2, 0.25) is 5.91 Å². The summed E-state index contributed by atoms with van der Waals surface area (Å²) in [6, 6.07) is 7.00. The molecule has 1 aromatic rings. The lowest BCUT2D eigenvalue weighted by atomic mass is 9.97. The van der Waals surface area contributed by atoms with Crippen LogP contribution in [0.4, 0.5) is 10.5 Å². The molecule has 0 radical (unpaired) electrons. The van der Waals surface area contributed by atoms with Crippen LogP contribution in [0.25, 0.3) is 0 Å². The van der Waals surface area contributed by atoms with Gasteiger partial charge in [-0.25, -0.2) is 15.6 Å². The SMILES string of the molecule is COc1cccc(N(N)C(=O)C2CCCN(C(=O)OC(C)(C)C)C2)c1. The van der Waals surface area contributed by atoms with Gasteiger partial charge in [0.15, 0.2) is 0 Å². The van der Waals surface area contributed by atoms with Crippen LogP contribution >= 0.6 is 0 Å². The second kappa shape index (κ2) is 7.74. The standard InChI is InChI=1S/C18H27N3O4/c1-18(2,3)25-17(23)20-10-6-7-13(12-20)16(22)21(19)14-8-5-9-15(11-14)24-4/h5,8-9,11,13H,6-7,10,12,19H2,1-4H3. The Kier molecular flexibility index (Phi) is 5.89. The Labute approximate surface area is 148 Å². The summed E-state index contributed by atoms with van der Waals surface area (Å²) in [5.74, 6) is 6.06. The predicted octanol–water partition coefficient (Wildman–Crippen LogP) is 2.55. The Morgan fingerprint density at radius 1 is 1.32 bits per heavy atom. The van der Waals surface area contributed by atoms with Crippen LogP contribution in [0.1, 0.15) is 33.6 Å². The third-order valence-electron chi connectivity index (χ3n) is 3.99. The van der Waals surface area contributed by atoms with Crippen LogP contribution in [0.3, 0.4) is 0 Å². The predicted molar refractivity (Wildman–Crippen MR) is 95.2 cm³/mol. The molecule has 25 heavy (non-hydrogen) atoms. The number of nitrogens with two attached hydrogens (primary N) is 1. The van der Waals surface area contributed by atoms with Crippen LogP contribution in [-0.4, -0.2) is 42.7 Å². The summed E-state index contributed by atoms with van der Waals surface area (Å²) in [5.41, 5.74) is -0.00659. The van der Waals surface area contributed by atoms with Crippen molar-refractivity contribution in [1.82, 2.24) is 4.90 Å². The molecule has 1 fully saturated rings. The fourth-order valence-corrected chi connectivity index (χ4v) is 2.76. The number of benzene rings is 1. The van der Waals surface area contributed by atoms with E-state index >= 15 is 0 Å². The van der Waals surface area contributed by atoms with E-state index in [0.717, 1.165) is 11.4 Å². The molecule has 0 bridgehead atoms. The van der Waals surface area contributed by atoms with E-state index in [9.17, 15) is 9.59 Å². The van der Waals surface area contributed by atoms with Crippen LogP contribution in [0.5, 0.6) is 5.75 Å². The summed E-state index contributed by atoms with van der Waals surface area (Å²) in [5, 5.41) is 1.13. The van der Waals surface area contributed by atoms with E-state index in [4.69, 9.17) is 15.3 Å². The Balaban J connectivity index is 2.04. The highest BCUT2D eigenvalue weighted by Gasteiger charge is 2.33. The van der Waals surface area contributed by atoms with Crippen molar-refractivity contribution in [1.29, 1.82) is 0 Å². The van der Waals surface area contributed by atoms with Crippen LogP contribution in [0, 0.1) is 5.92 Å². The van der Waals surface area contributed by atoms with Crippen molar-refractivity contribution in [3.05, 3.63) is 24.3 Å². The number of carbonyl (C=O) groups is 2. The van der Waals surface area contributed by atoms with Crippen molar-refractivity contribution in [3.63, 3.8) is 0 Å². The Hall–Kier alpha value is -2.28. The number of hydrogen-bond acceptors (Lipinski definition) is 5. The molecule has 138 valence electrons. The van der Waals surface area contributed by atoms with Gasteiger partial charge in [0.25, 0.3) is 0 Å². The second-order valence-electron chi connectivity index (χ2n) is 7.18. The fourth-order valence-electron chi connectivity index (χ4n) is 2.76. The van der Waals surface area contributed by atoms with Crippen LogP contribution in [-0.2, 0) is 9.53 Å². The maximum atomic E-state index is 12.7. The lowest BCUT2D eigenvalue weighted by Crippen LogP contribution is -2.50. The molecule has 7 heteroatoms. The molecule has 1 aliphatic heterocycles. The second-order valence-corrected chi connectivity index (χ2v) is 7.18. The van der Waals surface area contributed by atoms with Gasteiger partial charge in [-0.3, -0.25) is 4.79 Å². The summed E-state index contributed by atoms with van der Waals surface area (Å²) in [6.07, 6.45) is 1.03. The van der Waals surface area contributed by atoms with Gasteiger partial charge in [0.05, 0.1) is 18.7 Å². The number of amides is 2. The van der Waals surface area contributed by atoms with E-state index in [0.29, 0.717) is 30.9 Å². The number of anilines is 1. The molecule has 2 rings (SSSR count). The van der Waals surface area contributed by atoms with Gasteiger partial charge in [-0.2, -0.15) is 0 Å². The van der Waals surface area contributed by atoms with Gasteiger partial charge in [-0.15, -0.1) is 0 Å². The molecule has 1 aromatic carbocycles. The number of hydrazine groups is 1. The average molecular weight is 349 g/mol. The topological polar surface area (TPSA) is 85.1 Å². The first-order chi connectivity index (χ1) is 11.7. The normalized spacial score (nSPS) is 17.8. The summed E-state index contributed by atoms with van der Waals surface area (Å²) in [6.45, 7) is 6.36. The lowest BCUT2D eigenvalue weighted by molar-refractivity contribution is -0.124. The molecular weight excluding hydrogens is 322 g/mol. The highest BCUT2D eigenvalue weighted by molar-refractivity contribution is 5.94. The number of methoxy groups -OCH3 is 1. The van der Waals surface area contributed by atoms with Crippen molar-refractivity contribution >= 4 is 17.7 Å². The molecule has 1 saturated heterocycles. The Morgan fingerprint density at radius 2 is 2.04 bits per heavy atom. The van der Waals surface area contributed by atoms with Crippen LogP contribution in [0.2, 0.25) is 0 Å². The molecule has 0 spiro atoms. The maximum absolute atomic E-state index is 12.7. The number of hydrogen-bond donors (Lipinski definition) is 1. The first-order valence-corrected chi connectivity index (χ1v) is 8.42.